The van der Waals surface area contributed by atoms with E-state index in [1.807, 2.05) is 0 Å². The minimum Gasteiger partial charge on any atom is -0.296 e. The van der Waals surface area contributed by atoms with Gasteiger partial charge in [-0.05, 0) is 35.9 Å². The number of hydrogen-bond donors (Lipinski definition) is 0. The van der Waals surface area contributed by atoms with Crippen molar-refractivity contribution >= 4 is 23.3 Å². The van der Waals surface area contributed by atoms with Crippen molar-refractivity contribution in [2.24, 2.45) is 0 Å². The molecule has 0 spiro atoms. The van der Waals surface area contributed by atoms with Crippen LogP contribution in [-0.2, 0) is 9.09 Å². The predicted molar refractivity (Wildman–Crippen MR) is 80.6 cm³/mol. The quantitative estimate of drug-likeness (QED) is 0.694. The van der Waals surface area contributed by atoms with E-state index in [1.165, 1.54) is 42.5 Å². The first kappa shape index (κ1) is 17.1. The third kappa shape index (κ3) is 4.13. The first-order valence-electron chi connectivity index (χ1n) is 6.37. The minimum absolute atomic E-state index is 0.0265. The fourth-order valence-electron chi connectivity index (χ4n) is 1.95. The van der Waals surface area contributed by atoms with Crippen molar-refractivity contribution in [2.45, 2.75) is 19.2 Å². The number of benzene rings is 2. The van der Waals surface area contributed by atoms with Crippen molar-refractivity contribution in [3.05, 3.63) is 65.7 Å². The zero-order chi connectivity index (χ0) is 16.4. The van der Waals surface area contributed by atoms with E-state index in [2.05, 4.69) is 0 Å². The predicted octanol–water partition coefficient (Wildman–Crippen LogP) is 5.37. The molecule has 2 nitrogen and oxygen atoms in total. The van der Waals surface area contributed by atoms with Gasteiger partial charge in [-0.3, -0.25) is 9.09 Å². The molecular formula is C15H13ClF3O2P. The van der Waals surface area contributed by atoms with Crippen molar-refractivity contribution in [1.29, 1.82) is 0 Å². The Kier molecular flexibility index (Phi) is 5.00. The van der Waals surface area contributed by atoms with Crippen LogP contribution in [0, 0.1) is 6.92 Å². The maximum absolute atomic E-state index is 13.3. The first-order valence-corrected chi connectivity index (χ1v) is 8.90. The van der Waals surface area contributed by atoms with E-state index in [9.17, 15) is 17.7 Å². The third-order valence-corrected chi connectivity index (χ3v) is 5.17. The van der Waals surface area contributed by atoms with E-state index in [-0.39, 0.29) is 10.9 Å². The van der Waals surface area contributed by atoms with E-state index in [0.717, 1.165) is 0 Å². The second-order valence-corrected chi connectivity index (χ2v) is 7.78. The molecule has 0 heterocycles. The summed E-state index contributed by atoms with van der Waals surface area (Å²) in [7, 11) is 0. The largest absolute Gasteiger partial charge is 0.419 e. The second-order valence-electron chi connectivity index (χ2n) is 4.76. The van der Waals surface area contributed by atoms with Gasteiger partial charge in [0, 0.05) is 0 Å². The van der Waals surface area contributed by atoms with Crippen LogP contribution in [0.1, 0.15) is 17.2 Å². The van der Waals surface area contributed by atoms with Crippen LogP contribution in [0.4, 0.5) is 13.2 Å². The van der Waals surface area contributed by atoms with Gasteiger partial charge >= 0.3 is 12.9 Å². The number of halogens is 4. The lowest BCUT2D eigenvalue weighted by Crippen LogP contribution is -2.23. The Balaban J connectivity index is 2.38. The van der Waals surface area contributed by atoms with Crippen LogP contribution in [0.2, 0.25) is 0 Å². The standard InChI is InChI=1S/C15H13ClF3O2P/c1-11-6-5-7-12(10-11)14(15(17,18)19)21-22(16,20)13-8-3-2-4-9-13/h2-10,14H,1H3. The maximum Gasteiger partial charge on any atom is 0.419 e. The summed E-state index contributed by atoms with van der Waals surface area (Å²) in [6.07, 6.45) is -7.08. The third-order valence-electron chi connectivity index (χ3n) is 2.95. The lowest BCUT2D eigenvalue weighted by molar-refractivity contribution is -0.196. The molecule has 2 aromatic carbocycles. The summed E-state index contributed by atoms with van der Waals surface area (Å²) in [4.78, 5) is 0. The van der Waals surface area contributed by atoms with Crippen molar-refractivity contribution in [1.82, 2.24) is 0 Å². The van der Waals surface area contributed by atoms with E-state index in [4.69, 9.17) is 15.8 Å². The number of hydrogen-bond acceptors (Lipinski definition) is 2. The van der Waals surface area contributed by atoms with Gasteiger partial charge in [0.2, 0.25) is 0 Å². The Hall–Kier alpha value is -1.29. The fraction of sp³-hybridized carbons (Fsp3) is 0.200. The highest BCUT2D eigenvalue weighted by Crippen LogP contribution is 2.57. The molecule has 2 atom stereocenters. The maximum atomic E-state index is 13.3. The molecule has 22 heavy (non-hydrogen) atoms. The molecule has 2 unspecified atom stereocenters. The summed E-state index contributed by atoms with van der Waals surface area (Å²) in [6, 6.07) is 13.2. The number of rotatable bonds is 4. The minimum atomic E-state index is -4.73. The van der Waals surface area contributed by atoms with Gasteiger partial charge < -0.3 is 0 Å². The molecule has 0 aliphatic rings. The van der Waals surface area contributed by atoms with Crippen LogP contribution in [-0.4, -0.2) is 6.18 Å². The summed E-state index contributed by atoms with van der Waals surface area (Å²) in [5.74, 6) is 0. The van der Waals surface area contributed by atoms with Crippen molar-refractivity contribution in [3.8, 4) is 0 Å². The Bertz CT molecular complexity index is 689. The summed E-state index contributed by atoms with van der Waals surface area (Å²) < 4.78 is 57.0. The molecule has 2 rings (SSSR count). The number of aryl methyl sites for hydroxylation is 1. The average Bonchev–Trinajstić information content (AvgIpc) is 2.45. The molecule has 0 aliphatic carbocycles. The summed E-state index contributed by atoms with van der Waals surface area (Å²) in [5, 5.41) is 0.0265. The van der Waals surface area contributed by atoms with E-state index in [1.54, 1.807) is 19.1 Å². The lowest BCUT2D eigenvalue weighted by Gasteiger charge is -2.24. The van der Waals surface area contributed by atoms with Crippen LogP contribution in [0.5, 0.6) is 0 Å². The normalized spacial score (nSPS) is 16.0. The Labute approximate surface area is 131 Å². The molecular weight excluding hydrogens is 336 g/mol. The molecule has 0 radical (unpaired) electrons. The van der Waals surface area contributed by atoms with Crippen LogP contribution >= 0.6 is 18.0 Å². The van der Waals surface area contributed by atoms with Crippen LogP contribution in [0.3, 0.4) is 0 Å². The number of alkyl halides is 3. The molecule has 118 valence electrons. The van der Waals surface area contributed by atoms with Crippen molar-refractivity contribution in [3.63, 3.8) is 0 Å². The summed E-state index contributed by atoms with van der Waals surface area (Å²) in [5.41, 5.74) is 0.503. The van der Waals surface area contributed by atoms with Gasteiger partial charge in [-0.25, -0.2) is 0 Å². The van der Waals surface area contributed by atoms with Gasteiger partial charge in [0.1, 0.15) is 0 Å². The topological polar surface area (TPSA) is 26.3 Å². The van der Waals surface area contributed by atoms with Gasteiger partial charge in [-0.15, -0.1) is 0 Å². The van der Waals surface area contributed by atoms with E-state index in [0.29, 0.717) is 5.56 Å². The highest BCUT2D eigenvalue weighted by molar-refractivity contribution is 7.91. The second kappa shape index (κ2) is 6.45. The summed E-state index contributed by atoms with van der Waals surface area (Å²) in [6.45, 7) is -2.46. The van der Waals surface area contributed by atoms with Gasteiger partial charge in [0.15, 0.2) is 6.10 Å². The molecule has 7 heteroatoms. The van der Waals surface area contributed by atoms with Crippen LogP contribution in [0.15, 0.2) is 54.6 Å². The molecule has 2 aromatic rings. The smallest absolute Gasteiger partial charge is 0.296 e. The van der Waals surface area contributed by atoms with Gasteiger partial charge in [-0.1, -0.05) is 48.0 Å². The van der Waals surface area contributed by atoms with Gasteiger partial charge in [0.25, 0.3) is 0 Å². The van der Waals surface area contributed by atoms with E-state index < -0.39 is 19.0 Å². The fourth-order valence-corrected chi connectivity index (χ4v) is 3.68. The highest BCUT2D eigenvalue weighted by atomic mass is 35.7. The van der Waals surface area contributed by atoms with Gasteiger partial charge in [-0.2, -0.15) is 13.2 Å². The average molecular weight is 349 g/mol. The molecule has 0 N–H and O–H groups in total. The molecule has 0 amide bonds. The van der Waals surface area contributed by atoms with Crippen molar-refractivity contribution in [2.75, 3.05) is 0 Å². The van der Waals surface area contributed by atoms with Crippen LogP contribution < -0.4 is 5.30 Å². The van der Waals surface area contributed by atoms with E-state index >= 15 is 0 Å². The van der Waals surface area contributed by atoms with Crippen molar-refractivity contribution < 1.29 is 22.3 Å². The molecule has 0 saturated carbocycles. The zero-order valence-electron chi connectivity index (χ0n) is 11.5. The lowest BCUT2D eigenvalue weighted by atomic mass is 10.1. The van der Waals surface area contributed by atoms with Gasteiger partial charge in [0.05, 0.1) is 5.30 Å². The Morgan fingerprint density at radius 1 is 1.09 bits per heavy atom. The van der Waals surface area contributed by atoms with Crippen LogP contribution in [0.25, 0.3) is 0 Å². The zero-order valence-corrected chi connectivity index (χ0v) is 13.2. The monoisotopic (exact) mass is 348 g/mol. The molecule has 0 fully saturated rings. The molecule has 0 aromatic heterocycles. The Morgan fingerprint density at radius 2 is 1.73 bits per heavy atom. The molecule has 0 saturated heterocycles. The molecule has 0 aliphatic heterocycles. The first-order chi connectivity index (χ1) is 10.2. The summed E-state index contributed by atoms with van der Waals surface area (Å²) >= 11 is 5.79. The SMILES string of the molecule is Cc1cccc(C(OP(=O)(Cl)c2ccccc2)C(F)(F)F)c1. The highest BCUT2D eigenvalue weighted by Gasteiger charge is 2.46. The molecule has 0 bridgehead atoms. The Morgan fingerprint density at radius 3 is 2.27 bits per heavy atom.